The van der Waals surface area contributed by atoms with Gasteiger partial charge < -0.3 is 41.3 Å². The van der Waals surface area contributed by atoms with Gasteiger partial charge in [0, 0.05) is 43.0 Å². The number of unbranched alkanes of at least 4 members (excludes halogenated alkanes) is 2. The number of nitrogens with one attached hydrogen (secondary N) is 2. The number of allylic oxidation sites excluding steroid dienone is 2. The topological polar surface area (TPSA) is 163 Å². The van der Waals surface area contributed by atoms with Crippen molar-refractivity contribution in [2.75, 3.05) is 13.2 Å². The first-order valence-electron chi connectivity index (χ1n) is 20.6. The number of hydrogen-bond donors (Lipinski definition) is 8. The molecule has 1 aliphatic rings. The Morgan fingerprint density at radius 3 is 2.47 bits per heavy atom. The van der Waals surface area contributed by atoms with Gasteiger partial charge in [-0.2, -0.15) is 0 Å². The summed E-state index contributed by atoms with van der Waals surface area (Å²) >= 11 is 0. The van der Waals surface area contributed by atoms with Crippen LogP contribution < -0.4 is 10.6 Å². The Kier molecular flexibility index (Phi) is 20.2. The first kappa shape index (κ1) is 45.9. The highest BCUT2D eigenvalue weighted by atomic mass is 16.4. The molecule has 1 aliphatic heterocycles. The minimum atomic E-state index is -1.29. The Labute approximate surface area is 330 Å². The third-order valence-corrected chi connectivity index (χ3v) is 10.8. The van der Waals surface area contributed by atoms with E-state index in [1.807, 2.05) is 31.2 Å². The summed E-state index contributed by atoms with van der Waals surface area (Å²) in [7, 11) is 0. The van der Waals surface area contributed by atoms with Crippen LogP contribution in [-0.4, -0.2) is 85.7 Å². The lowest BCUT2D eigenvalue weighted by Crippen LogP contribution is -2.54. The van der Waals surface area contributed by atoms with Crippen LogP contribution in [0.25, 0.3) is 0 Å². The summed E-state index contributed by atoms with van der Waals surface area (Å²) in [5.41, 5.74) is 4.71. The highest BCUT2D eigenvalue weighted by molar-refractivity contribution is 5.66. The van der Waals surface area contributed by atoms with Crippen molar-refractivity contribution in [3.05, 3.63) is 88.0 Å². The lowest BCUT2D eigenvalue weighted by molar-refractivity contribution is -0.137. The number of fused-ring (bicyclic) bond motifs is 1. The van der Waals surface area contributed by atoms with Crippen LogP contribution in [0.3, 0.4) is 0 Å². The fourth-order valence-corrected chi connectivity index (χ4v) is 7.63. The summed E-state index contributed by atoms with van der Waals surface area (Å²) in [6.45, 7) is 8.38. The predicted molar refractivity (Wildman–Crippen MR) is 221 cm³/mol. The number of carbonyl (C=O) groups is 1. The van der Waals surface area contributed by atoms with Gasteiger partial charge in [0.15, 0.2) is 0 Å². The molecule has 0 saturated carbocycles. The van der Waals surface area contributed by atoms with E-state index < -0.39 is 36.4 Å². The third kappa shape index (κ3) is 15.9. The Morgan fingerprint density at radius 1 is 1.04 bits per heavy atom. The van der Waals surface area contributed by atoms with Gasteiger partial charge in [0.25, 0.3) is 0 Å². The highest BCUT2D eigenvalue weighted by Crippen LogP contribution is 2.30. The Morgan fingerprint density at radius 2 is 1.80 bits per heavy atom. The molecule has 8 N–H and O–H groups in total. The SMILES string of the molecule is CCCCC[C@H](O)/C=C/C1=C(\C[C@H](O)CO)[C@H](CCC[C@H](CCC(=O)O)NCC)N[C@@H]([C@@](C)(O)Cc2ccc(O)cc2)CC#Cc2c(CC)cccc2CC1. The molecule has 0 aromatic heterocycles. The number of carboxylic acids is 1. The normalized spacial score (nSPS) is 20.7. The van der Waals surface area contributed by atoms with Crippen LogP contribution in [0.1, 0.15) is 127 Å². The zero-order valence-electron chi connectivity index (χ0n) is 33.7. The first-order chi connectivity index (χ1) is 26.4. The van der Waals surface area contributed by atoms with Gasteiger partial charge in [-0.05, 0) is 105 Å². The molecule has 0 fully saturated rings. The van der Waals surface area contributed by atoms with Crippen LogP contribution in [0.4, 0.5) is 0 Å². The van der Waals surface area contributed by atoms with Crippen molar-refractivity contribution in [3.63, 3.8) is 0 Å². The molecule has 0 amide bonds. The second-order valence-electron chi connectivity index (χ2n) is 15.4. The first-order valence-corrected chi connectivity index (χ1v) is 20.6. The average Bonchev–Trinajstić information content (AvgIpc) is 3.15. The molecular weight excluding hydrogens is 693 g/mol. The van der Waals surface area contributed by atoms with E-state index in [9.17, 15) is 35.4 Å². The Hall–Kier alpha value is -3.49. The average molecular weight is 761 g/mol. The number of aryl methyl sites for hydroxylation is 2. The smallest absolute Gasteiger partial charge is 0.303 e. The molecule has 0 bridgehead atoms. The number of aromatic hydroxyl groups is 1. The lowest BCUT2D eigenvalue weighted by Gasteiger charge is -2.38. The zero-order chi connectivity index (χ0) is 40.2. The van der Waals surface area contributed by atoms with E-state index in [1.165, 1.54) is 0 Å². The molecule has 0 spiro atoms. The number of phenolic OH excluding ortho intramolecular Hbond substituents is 1. The van der Waals surface area contributed by atoms with Crippen LogP contribution in [0, 0.1) is 11.8 Å². The molecule has 55 heavy (non-hydrogen) atoms. The zero-order valence-corrected chi connectivity index (χ0v) is 33.7. The van der Waals surface area contributed by atoms with Gasteiger partial charge in [-0.3, -0.25) is 4.79 Å². The summed E-state index contributed by atoms with van der Waals surface area (Å²) in [5.74, 6) is 6.25. The molecule has 9 nitrogen and oxygen atoms in total. The second kappa shape index (κ2) is 24.2. The van der Waals surface area contributed by atoms with E-state index in [1.54, 1.807) is 19.1 Å². The van der Waals surface area contributed by atoms with E-state index in [2.05, 4.69) is 54.5 Å². The summed E-state index contributed by atoms with van der Waals surface area (Å²) in [6.07, 6.45) is 11.5. The van der Waals surface area contributed by atoms with E-state index in [0.717, 1.165) is 78.5 Å². The number of rotatable bonds is 22. The maximum absolute atomic E-state index is 12.3. The molecule has 0 unspecified atom stereocenters. The molecule has 6 atom stereocenters. The minimum Gasteiger partial charge on any atom is -0.508 e. The quantitative estimate of drug-likeness (QED) is 0.0494. The molecular formula is C46H68N2O7. The molecule has 0 radical (unpaired) electrons. The van der Waals surface area contributed by atoms with Crippen LogP contribution in [0.2, 0.25) is 0 Å². The van der Waals surface area contributed by atoms with E-state index >= 15 is 0 Å². The number of benzene rings is 2. The van der Waals surface area contributed by atoms with Crippen molar-refractivity contribution in [1.29, 1.82) is 0 Å². The molecule has 1 heterocycles. The number of aliphatic hydroxyl groups is 4. The number of phenols is 1. The highest BCUT2D eigenvalue weighted by Gasteiger charge is 2.35. The molecule has 2 aromatic rings. The van der Waals surface area contributed by atoms with Gasteiger partial charge in [-0.1, -0.05) is 101 Å². The van der Waals surface area contributed by atoms with Crippen molar-refractivity contribution in [3.8, 4) is 17.6 Å². The van der Waals surface area contributed by atoms with Gasteiger partial charge >= 0.3 is 5.97 Å². The van der Waals surface area contributed by atoms with Crippen molar-refractivity contribution in [1.82, 2.24) is 10.6 Å². The molecule has 9 heteroatoms. The second-order valence-corrected chi connectivity index (χ2v) is 15.4. The standard InChI is InChI=1S/C46H68N2O7/c1-5-8-9-16-38(50)28-24-36-23-22-35-14-10-13-34(6-2)41(35)17-12-19-44(46(4,55)31-33-20-26-39(51)27-21-33)48-43(42(36)30-40(52)32-49)18-11-15-37(47-7-3)25-29-45(53)54/h10,13-14,20-21,24,26-28,37-38,40,43-44,47-52,55H,5-9,11,15-16,18-19,22-23,25,29-32H2,1-4H3,(H,53,54)/b28-24+,42-36+/t37-,38+,40+,43+,44-,46+/m1/s1. The van der Waals surface area contributed by atoms with E-state index in [0.29, 0.717) is 44.9 Å². The minimum absolute atomic E-state index is 0.0176. The lowest BCUT2D eigenvalue weighted by atomic mass is 9.83. The molecule has 2 aromatic carbocycles. The van der Waals surface area contributed by atoms with Crippen LogP contribution in [-0.2, 0) is 24.1 Å². The summed E-state index contributed by atoms with van der Waals surface area (Å²) in [4.78, 5) is 11.4. The largest absolute Gasteiger partial charge is 0.508 e. The molecule has 3 rings (SSSR count). The maximum atomic E-state index is 12.3. The van der Waals surface area contributed by atoms with Crippen molar-refractivity contribution < 1.29 is 35.4 Å². The van der Waals surface area contributed by atoms with Gasteiger partial charge in [-0.25, -0.2) is 0 Å². The van der Waals surface area contributed by atoms with Crippen LogP contribution in [0.15, 0.2) is 65.8 Å². The molecule has 0 saturated heterocycles. The van der Waals surface area contributed by atoms with E-state index in [-0.39, 0.29) is 30.7 Å². The van der Waals surface area contributed by atoms with E-state index in [4.69, 9.17) is 0 Å². The fraction of sp³-hybridized carbons (Fsp3) is 0.587. The Bertz CT molecular complexity index is 1570. The number of aliphatic carboxylic acids is 1. The maximum Gasteiger partial charge on any atom is 0.303 e. The predicted octanol–water partition coefficient (Wildman–Crippen LogP) is 6.51. The number of hydrogen-bond acceptors (Lipinski definition) is 8. The number of carboxylic acid groups (broad SMARTS) is 1. The van der Waals surface area contributed by atoms with Gasteiger partial charge in [0.2, 0.25) is 0 Å². The molecule has 0 aliphatic carbocycles. The summed E-state index contributed by atoms with van der Waals surface area (Å²) in [6, 6.07) is 12.3. The third-order valence-electron chi connectivity index (χ3n) is 10.8. The Balaban J connectivity index is 2.21. The van der Waals surface area contributed by atoms with Crippen LogP contribution >= 0.6 is 0 Å². The van der Waals surface area contributed by atoms with Gasteiger partial charge in [-0.15, -0.1) is 0 Å². The van der Waals surface area contributed by atoms with Crippen molar-refractivity contribution in [2.45, 2.75) is 160 Å². The monoisotopic (exact) mass is 761 g/mol. The number of aliphatic hydroxyl groups excluding tert-OH is 3. The fourth-order valence-electron chi connectivity index (χ4n) is 7.63. The van der Waals surface area contributed by atoms with Crippen molar-refractivity contribution >= 4 is 5.97 Å². The molecule has 304 valence electrons. The van der Waals surface area contributed by atoms with Gasteiger partial charge in [0.1, 0.15) is 5.75 Å². The van der Waals surface area contributed by atoms with Gasteiger partial charge in [0.05, 0.1) is 24.4 Å². The summed E-state index contributed by atoms with van der Waals surface area (Å²) < 4.78 is 0. The van der Waals surface area contributed by atoms with Crippen molar-refractivity contribution in [2.24, 2.45) is 0 Å². The summed E-state index contributed by atoms with van der Waals surface area (Å²) in [5, 5.41) is 71.2. The van der Waals surface area contributed by atoms with Crippen LogP contribution in [0.5, 0.6) is 5.75 Å².